The van der Waals surface area contributed by atoms with Crippen molar-refractivity contribution in [3.8, 4) is 0 Å². The first-order valence-electron chi connectivity index (χ1n) is 5.64. The summed E-state index contributed by atoms with van der Waals surface area (Å²) in [6, 6.07) is 14.7. The summed E-state index contributed by atoms with van der Waals surface area (Å²) in [6.07, 6.45) is 3.20. The van der Waals surface area contributed by atoms with E-state index < -0.39 is 0 Å². The fourth-order valence-corrected chi connectivity index (χ4v) is 1.96. The summed E-state index contributed by atoms with van der Waals surface area (Å²) in [5.74, 6) is -0.178. The van der Waals surface area contributed by atoms with Gasteiger partial charge in [0.1, 0.15) is 0 Å². The third kappa shape index (κ3) is 4.54. The van der Waals surface area contributed by atoms with Crippen LogP contribution in [0.25, 0.3) is 6.08 Å². The zero-order valence-corrected chi connectivity index (χ0v) is 12.3. The van der Waals surface area contributed by atoms with E-state index in [1.165, 1.54) is 6.08 Å². The molecule has 19 heavy (non-hydrogen) atoms. The van der Waals surface area contributed by atoms with Crippen LogP contribution in [0.1, 0.15) is 5.56 Å². The van der Waals surface area contributed by atoms with E-state index >= 15 is 0 Å². The van der Waals surface area contributed by atoms with E-state index in [-0.39, 0.29) is 5.91 Å². The quantitative estimate of drug-likeness (QED) is 0.805. The minimum atomic E-state index is -0.178. The normalized spacial score (nSPS) is 10.6. The van der Waals surface area contributed by atoms with Gasteiger partial charge in [-0.25, -0.2) is 0 Å². The van der Waals surface area contributed by atoms with Gasteiger partial charge in [0.2, 0.25) is 5.91 Å². The number of carbonyl (C=O) groups excluding carboxylic acids is 1. The van der Waals surface area contributed by atoms with Crippen molar-refractivity contribution in [3.05, 3.63) is 69.7 Å². The molecule has 0 atom stereocenters. The summed E-state index contributed by atoms with van der Waals surface area (Å²) >= 11 is 9.21. The molecule has 0 bridgehead atoms. The number of hydrogen-bond donors (Lipinski definition) is 1. The van der Waals surface area contributed by atoms with Gasteiger partial charge in [0, 0.05) is 21.3 Å². The lowest BCUT2D eigenvalue weighted by Crippen LogP contribution is -2.07. The summed E-state index contributed by atoms with van der Waals surface area (Å²) in [5.41, 5.74) is 1.64. The van der Waals surface area contributed by atoms with Crippen molar-refractivity contribution in [3.63, 3.8) is 0 Å². The first-order valence-corrected chi connectivity index (χ1v) is 6.81. The Morgan fingerprint density at radius 2 is 1.89 bits per heavy atom. The Bertz CT molecular complexity index is 608. The van der Waals surface area contributed by atoms with Crippen LogP contribution in [0.4, 0.5) is 5.69 Å². The Labute approximate surface area is 125 Å². The summed E-state index contributed by atoms with van der Waals surface area (Å²) < 4.78 is 0.972. The van der Waals surface area contributed by atoms with Crippen LogP contribution in [-0.2, 0) is 4.79 Å². The van der Waals surface area contributed by atoms with Crippen LogP contribution in [0.3, 0.4) is 0 Å². The van der Waals surface area contributed by atoms with Gasteiger partial charge in [0.25, 0.3) is 0 Å². The molecule has 0 fully saturated rings. The van der Waals surface area contributed by atoms with Crippen molar-refractivity contribution in [1.82, 2.24) is 0 Å². The summed E-state index contributed by atoms with van der Waals surface area (Å²) in [6.45, 7) is 0. The zero-order chi connectivity index (χ0) is 13.7. The average Bonchev–Trinajstić information content (AvgIpc) is 2.39. The molecule has 4 heteroatoms. The maximum atomic E-state index is 11.7. The Morgan fingerprint density at radius 3 is 2.58 bits per heavy atom. The molecule has 0 saturated carbocycles. The highest BCUT2D eigenvalue weighted by Gasteiger charge is 1.97. The average molecular weight is 337 g/mol. The van der Waals surface area contributed by atoms with Crippen LogP contribution in [0.15, 0.2) is 59.1 Å². The second-order valence-corrected chi connectivity index (χ2v) is 5.24. The molecule has 0 aliphatic carbocycles. The predicted molar refractivity (Wildman–Crippen MR) is 83.3 cm³/mol. The van der Waals surface area contributed by atoms with Gasteiger partial charge in [-0.1, -0.05) is 39.7 Å². The standard InChI is InChI=1S/C15H11BrClNO/c16-12-5-7-14(8-6-12)18-15(19)9-4-11-2-1-3-13(17)10-11/h1-10H,(H,18,19)/b9-4+. The summed E-state index contributed by atoms with van der Waals surface area (Å²) in [7, 11) is 0. The molecule has 0 aliphatic heterocycles. The molecule has 2 rings (SSSR count). The number of anilines is 1. The van der Waals surface area contributed by atoms with Crippen molar-refractivity contribution in [1.29, 1.82) is 0 Å². The van der Waals surface area contributed by atoms with Gasteiger partial charge >= 0.3 is 0 Å². The van der Waals surface area contributed by atoms with Gasteiger partial charge in [-0.3, -0.25) is 4.79 Å². The van der Waals surface area contributed by atoms with Crippen LogP contribution >= 0.6 is 27.5 Å². The molecule has 2 aromatic rings. The van der Waals surface area contributed by atoms with Crippen LogP contribution in [-0.4, -0.2) is 5.91 Å². The molecule has 2 nitrogen and oxygen atoms in total. The molecule has 0 aromatic heterocycles. The lowest BCUT2D eigenvalue weighted by molar-refractivity contribution is -0.111. The van der Waals surface area contributed by atoms with Crippen molar-refractivity contribution in [2.75, 3.05) is 5.32 Å². The lowest BCUT2D eigenvalue weighted by Gasteiger charge is -2.01. The molecule has 96 valence electrons. The highest BCUT2D eigenvalue weighted by atomic mass is 79.9. The summed E-state index contributed by atoms with van der Waals surface area (Å²) in [4.78, 5) is 11.7. The monoisotopic (exact) mass is 335 g/mol. The molecule has 0 unspecified atom stereocenters. The van der Waals surface area contributed by atoms with Gasteiger partial charge in [-0.05, 0) is 48.0 Å². The number of rotatable bonds is 3. The lowest BCUT2D eigenvalue weighted by atomic mass is 10.2. The molecule has 0 spiro atoms. The number of benzene rings is 2. The van der Waals surface area contributed by atoms with E-state index in [4.69, 9.17) is 11.6 Å². The molecule has 1 amide bonds. The Hall–Kier alpha value is -1.58. The number of amides is 1. The minimum Gasteiger partial charge on any atom is -0.323 e. The SMILES string of the molecule is O=C(/C=C/c1cccc(Cl)c1)Nc1ccc(Br)cc1. The minimum absolute atomic E-state index is 0.178. The van der Waals surface area contributed by atoms with Crippen molar-refractivity contribution >= 4 is 45.2 Å². The first kappa shape index (κ1) is 13.8. The molecule has 1 N–H and O–H groups in total. The van der Waals surface area contributed by atoms with Gasteiger partial charge in [-0.15, -0.1) is 0 Å². The topological polar surface area (TPSA) is 29.1 Å². The maximum Gasteiger partial charge on any atom is 0.248 e. The van der Waals surface area contributed by atoms with E-state index in [1.807, 2.05) is 36.4 Å². The molecule has 0 aliphatic rings. The highest BCUT2D eigenvalue weighted by Crippen LogP contribution is 2.14. The Kier molecular flexibility index (Phi) is 4.77. The highest BCUT2D eigenvalue weighted by molar-refractivity contribution is 9.10. The van der Waals surface area contributed by atoms with Crippen LogP contribution in [0.5, 0.6) is 0 Å². The third-order valence-electron chi connectivity index (χ3n) is 2.39. The van der Waals surface area contributed by atoms with E-state index in [0.29, 0.717) is 5.02 Å². The molecular formula is C15H11BrClNO. The van der Waals surface area contributed by atoms with Gasteiger partial charge in [-0.2, -0.15) is 0 Å². The summed E-state index contributed by atoms with van der Waals surface area (Å²) in [5, 5.41) is 3.42. The Balaban J connectivity index is 1.99. The van der Waals surface area contributed by atoms with E-state index in [1.54, 1.807) is 18.2 Å². The molecule has 0 saturated heterocycles. The van der Waals surface area contributed by atoms with Gasteiger partial charge < -0.3 is 5.32 Å². The van der Waals surface area contributed by atoms with Crippen LogP contribution in [0.2, 0.25) is 5.02 Å². The second kappa shape index (κ2) is 6.55. The van der Waals surface area contributed by atoms with Gasteiger partial charge in [0.05, 0.1) is 0 Å². The third-order valence-corrected chi connectivity index (χ3v) is 3.15. The fraction of sp³-hybridized carbons (Fsp3) is 0. The van der Waals surface area contributed by atoms with Crippen molar-refractivity contribution in [2.45, 2.75) is 0 Å². The second-order valence-electron chi connectivity index (χ2n) is 3.88. The first-order chi connectivity index (χ1) is 9.13. The van der Waals surface area contributed by atoms with Crippen molar-refractivity contribution in [2.24, 2.45) is 0 Å². The zero-order valence-electron chi connectivity index (χ0n) is 9.94. The smallest absolute Gasteiger partial charge is 0.248 e. The molecule has 0 radical (unpaired) electrons. The maximum absolute atomic E-state index is 11.7. The largest absolute Gasteiger partial charge is 0.323 e. The molecular weight excluding hydrogens is 326 g/mol. The van der Waals surface area contributed by atoms with Crippen molar-refractivity contribution < 1.29 is 4.79 Å². The number of halogens is 2. The fourth-order valence-electron chi connectivity index (χ4n) is 1.50. The van der Waals surface area contributed by atoms with Gasteiger partial charge in [0.15, 0.2) is 0 Å². The van der Waals surface area contributed by atoms with E-state index in [0.717, 1.165) is 15.7 Å². The number of nitrogens with one attached hydrogen (secondary N) is 1. The van der Waals surface area contributed by atoms with Crippen LogP contribution < -0.4 is 5.32 Å². The predicted octanol–water partition coefficient (Wildman–Crippen LogP) is 4.75. The van der Waals surface area contributed by atoms with E-state index in [9.17, 15) is 4.79 Å². The van der Waals surface area contributed by atoms with E-state index in [2.05, 4.69) is 21.2 Å². The number of carbonyl (C=O) groups is 1. The molecule has 2 aromatic carbocycles. The Morgan fingerprint density at radius 1 is 1.16 bits per heavy atom. The molecule has 0 heterocycles. The van der Waals surface area contributed by atoms with Crippen LogP contribution in [0, 0.1) is 0 Å². The number of hydrogen-bond acceptors (Lipinski definition) is 1.